The first-order valence-corrected chi connectivity index (χ1v) is 8.18. The Morgan fingerprint density at radius 1 is 1.35 bits per heavy atom. The molecule has 0 aromatic heterocycles. The van der Waals surface area contributed by atoms with E-state index in [4.69, 9.17) is 5.14 Å². The van der Waals surface area contributed by atoms with Gasteiger partial charge in [-0.3, -0.25) is 4.79 Å². The van der Waals surface area contributed by atoms with Crippen molar-refractivity contribution in [1.29, 1.82) is 0 Å². The number of nitrogens with one attached hydrogen (secondary N) is 2. The Bertz CT molecular complexity index is 570. The van der Waals surface area contributed by atoms with E-state index >= 15 is 0 Å². The molecule has 0 heterocycles. The summed E-state index contributed by atoms with van der Waals surface area (Å²) in [7, 11) is -3.47. The lowest BCUT2D eigenvalue weighted by Crippen LogP contribution is -2.28. The molecule has 1 aromatic rings. The topological polar surface area (TPSA) is 101 Å². The smallest absolute Gasteiger partial charge is 0.253 e. The molecule has 112 valence electrons. The van der Waals surface area contributed by atoms with Crippen LogP contribution in [-0.2, 0) is 10.0 Å². The summed E-state index contributed by atoms with van der Waals surface area (Å²) in [5.74, 6) is -0.361. The molecule has 0 saturated heterocycles. The predicted octanol–water partition coefficient (Wildman–Crippen LogP) is 0.835. The first kappa shape index (κ1) is 16.5. The third kappa shape index (κ3) is 5.58. The molecule has 0 fully saturated rings. The molecule has 0 aliphatic rings. The molecular formula is C13H21N3O3S. The van der Waals surface area contributed by atoms with Crippen LogP contribution in [0.1, 0.15) is 29.3 Å². The second-order valence-electron chi connectivity index (χ2n) is 4.56. The molecule has 7 heteroatoms. The van der Waals surface area contributed by atoms with E-state index in [0.29, 0.717) is 12.0 Å². The summed E-state index contributed by atoms with van der Waals surface area (Å²) >= 11 is 0. The van der Waals surface area contributed by atoms with Crippen molar-refractivity contribution in [3.63, 3.8) is 0 Å². The van der Waals surface area contributed by atoms with Crippen molar-refractivity contribution < 1.29 is 13.2 Å². The number of rotatable bonds is 7. The molecule has 20 heavy (non-hydrogen) atoms. The van der Waals surface area contributed by atoms with Gasteiger partial charge in [-0.05, 0) is 32.4 Å². The Morgan fingerprint density at radius 3 is 2.65 bits per heavy atom. The number of anilines is 1. The SMILES string of the molecule is CCNc1ccc(C)cc1C(=O)NCCCS(N)(=O)=O. The molecule has 0 aliphatic heterocycles. The highest BCUT2D eigenvalue weighted by Gasteiger charge is 2.11. The molecule has 1 amide bonds. The third-order valence-corrected chi connectivity index (χ3v) is 3.54. The van der Waals surface area contributed by atoms with E-state index in [2.05, 4.69) is 10.6 Å². The summed E-state index contributed by atoms with van der Waals surface area (Å²) in [6, 6.07) is 5.58. The van der Waals surface area contributed by atoms with Crippen molar-refractivity contribution >= 4 is 21.6 Å². The van der Waals surface area contributed by atoms with Gasteiger partial charge in [0.05, 0.1) is 11.3 Å². The van der Waals surface area contributed by atoms with E-state index < -0.39 is 10.0 Å². The van der Waals surface area contributed by atoms with Crippen molar-refractivity contribution in [3.05, 3.63) is 29.3 Å². The van der Waals surface area contributed by atoms with Crippen LogP contribution in [0.5, 0.6) is 0 Å². The molecule has 4 N–H and O–H groups in total. The summed E-state index contributed by atoms with van der Waals surface area (Å²) in [5, 5.41) is 10.7. The summed E-state index contributed by atoms with van der Waals surface area (Å²) in [6.45, 7) is 4.85. The van der Waals surface area contributed by atoms with Gasteiger partial charge >= 0.3 is 0 Å². The van der Waals surface area contributed by atoms with Gasteiger partial charge in [0.15, 0.2) is 0 Å². The van der Waals surface area contributed by atoms with Crippen LogP contribution >= 0.6 is 0 Å². The normalized spacial score (nSPS) is 11.2. The lowest BCUT2D eigenvalue weighted by atomic mass is 10.1. The third-order valence-electron chi connectivity index (χ3n) is 2.68. The first-order valence-electron chi connectivity index (χ1n) is 6.46. The number of hydrogen-bond donors (Lipinski definition) is 3. The monoisotopic (exact) mass is 299 g/mol. The Morgan fingerprint density at radius 2 is 2.05 bits per heavy atom. The summed E-state index contributed by atoms with van der Waals surface area (Å²) in [5.41, 5.74) is 2.31. The number of nitrogens with two attached hydrogens (primary N) is 1. The second-order valence-corrected chi connectivity index (χ2v) is 6.29. The standard InChI is InChI=1S/C13H21N3O3S/c1-3-15-12-6-5-10(2)9-11(12)13(17)16-7-4-8-20(14,18)19/h5-6,9,15H,3-4,7-8H2,1-2H3,(H,16,17)(H2,14,18,19). The van der Waals surface area contributed by atoms with Gasteiger partial charge in [-0.25, -0.2) is 13.6 Å². The molecule has 0 spiro atoms. The highest BCUT2D eigenvalue weighted by Crippen LogP contribution is 2.17. The van der Waals surface area contributed by atoms with E-state index in [9.17, 15) is 13.2 Å². The fraction of sp³-hybridized carbons (Fsp3) is 0.462. The number of amides is 1. The minimum atomic E-state index is -3.47. The number of sulfonamides is 1. The lowest BCUT2D eigenvalue weighted by molar-refractivity contribution is 0.0954. The van der Waals surface area contributed by atoms with Crippen LogP contribution in [0.4, 0.5) is 5.69 Å². The van der Waals surface area contributed by atoms with Crippen molar-refractivity contribution in [2.45, 2.75) is 20.3 Å². The summed E-state index contributed by atoms with van der Waals surface area (Å²) in [6.07, 6.45) is 0.299. The van der Waals surface area contributed by atoms with Crippen LogP contribution in [-0.4, -0.2) is 33.2 Å². The number of carbonyl (C=O) groups is 1. The zero-order chi connectivity index (χ0) is 15.2. The Hall–Kier alpha value is -1.60. The largest absolute Gasteiger partial charge is 0.385 e. The minimum Gasteiger partial charge on any atom is -0.385 e. The van der Waals surface area contributed by atoms with Gasteiger partial charge in [0.1, 0.15) is 0 Å². The average Bonchev–Trinajstić information content (AvgIpc) is 2.35. The highest BCUT2D eigenvalue weighted by atomic mass is 32.2. The van der Waals surface area contributed by atoms with Crippen molar-refractivity contribution in [2.24, 2.45) is 5.14 Å². The molecule has 0 radical (unpaired) electrons. The Labute approximate surface area is 119 Å². The molecule has 0 bridgehead atoms. The highest BCUT2D eigenvalue weighted by molar-refractivity contribution is 7.89. The quantitative estimate of drug-likeness (QED) is 0.649. The van der Waals surface area contributed by atoms with Crippen molar-refractivity contribution in [1.82, 2.24) is 5.32 Å². The van der Waals surface area contributed by atoms with Crippen molar-refractivity contribution in [2.75, 3.05) is 24.2 Å². The number of hydrogen-bond acceptors (Lipinski definition) is 4. The minimum absolute atomic E-state index is 0.138. The van der Waals surface area contributed by atoms with Gasteiger partial charge in [-0.1, -0.05) is 11.6 Å². The van der Waals surface area contributed by atoms with Gasteiger partial charge in [0.2, 0.25) is 10.0 Å². The molecule has 0 atom stereocenters. The molecule has 6 nitrogen and oxygen atoms in total. The molecule has 1 rings (SSSR count). The Balaban J connectivity index is 2.65. The summed E-state index contributed by atoms with van der Waals surface area (Å²) in [4.78, 5) is 12.1. The van der Waals surface area contributed by atoms with E-state index in [1.165, 1.54) is 0 Å². The predicted molar refractivity (Wildman–Crippen MR) is 80.3 cm³/mol. The number of primary sulfonamides is 1. The van der Waals surface area contributed by atoms with Crippen LogP contribution in [0.2, 0.25) is 0 Å². The fourth-order valence-electron chi connectivity index (χ4n) is 1.76. The molecule has 0 aliphatic carbocycles. The molecule has 1 aromatic carbocycles. The van der Waals surface area contributed by atoms with Crippen LogP contribution in [0.25, 0.3) is 0 Å². The number of aryl methyl sites for hydroxylation is 1. The van der Waals surface area contributed by atoms with Crippen LogP contribution in [0.3, 0.4) is 0 Å². The summed E-state index contributed by atoms with van der Waals surface area (Å²) < 4.78 is 21.6. The van der Waals surface area contributed by atoms with Crippen LogP contribution < -0.4 is 15.8 Å². The molecular weight excluding hydrogens is 278 g/mol. The van der Waals surface area contributed by atoms with Crippen molar-refractivity contribution in [3.8, 4) is 0 Å². The first-order chi connectivity index (χ1) is 9.33. The van der Waals surface area contributed by atoms with Crippen LogP contribution in [0.15, 0.2) is 18.2 Å². The van der Waals surface area contributed by atoms with Gasteiger partial charge in [-0.15, -0.1) is 0 Å². The maximum atomic E-state index is 12.1. The average molecular weight is 299 g/mol. The number of benzene rings is 1. The van der Waals surface area contributed by atoms with Gasteiger partial charge in [0.25, 0.3) is 5.91 Å². The molecule has 0 saturated carbocycles. The van der Waals surface area contributed by atoms with Gasteiger partial charge < -0.3 is 10.6 Å². The van der Waals surface area contributed by atoms with E-state index in [-0.39, 0.29) is 18.2 Å². The van der Waals surface area contributed by atoms with Gasteiger partial charge in [0, 0.05) is 18.8 Å². The second kappa shape index (κ2) is 7.25. The number of carbonyl (C=O) groups excluding carboxylic acids is 1. The maximum Gasteiger partial charge on any atom is 0.253 e. The van der Waals surface area contributed by atoms with E-state index in [1.54, 1.807) is 6.07 Å². The van der Waals surface area contributed by atoms with Gasteiger partial charge in [-0.2, -0.15) is 0 Å². The van der Waals surface area contributed by atoms with E-state index in [0.717, 1.165) is 17.8 Å². The zero-order valence-electron chi connectivity index (χ0n) is 11.8. The lowest BCUT2D eigenvalue weighted by Gasteiger charge is -2.12. The Kier molecular flexibility index (Phi) is 5.97. The fourth-order valence-corrected chi connectivity index (χ4v) is 2.31. The maximum absolute atomic E-state index is 12.1. The zero-order valence-corrected chi connectivity index (χ0v) is 12.6. The van der Waals surface area contributed by atoms with E-state index in [1.807, 2.05) is 26.0 Å². The van der Waals surface area contributed by atoms with Crippen LogP contribution in [0, 0.1) is 6.92 Å². The molecule has 0 unspecified atom stereocenters.